The van der Waals surface area contributed by atoms with Crippen LogP contribution in [0.25, 0.3) is 0 Å². The molecule has 1 atom stereocenters. The molecule has 0 amide bonds. The summed E-state index contributed by atoms with van der Waals surface area (Å²) in [5.41, 5.74) is 0. The standard InChI is InChI=1S/C2H6P2/c1-3-4-2/h3H,1H2,2H3. The van der Waals surface area contributed by atoms with E-state index in [1.165, 1.54) is 7.87 Å². The monoisotopic (exact) mass is 92.0 g/mol. The highest BCUT2D eigenvalue weighted by molar-refractivity contribution is 7.82. The van der Waals surface area contributed by atoms with Gasteiger partial charge in [-0.15, -0.1) is 7.49 Å². The highest BCUT2D eigenvalue weighted by Crippen LogP contribution is 1.93. The van der Waals surface area contributed by atoms with Gasteiger partial charge in [0.2, 0.25) is 0 Å². The summed E-state index contributed by atoms with van der Waals surface area (Å²) in [4.78, 5) is 0. The maximum Gasteiger partial charge on any atom is -0.0188 e. The van der Waals surface area contributed by atoms with E-state index in [1.54, 1.807) is 0 Å². The Kier molecular flexibility index (Phi) is 3.88. The first-order chi connectivity index (χ1) is 1.91. The number of hydrogen-bond donors (Lipinski definition) is 0. The Morgan fingerprint density at radius 2 is 2.25 bits per heavy atom. The molecule has 0 aromatic rings. The zero-order valence-electron chi connectivity index (χ0n) is 2.65. The highest BCUT2D eigenvalue weighted by atomic mass is 31.7. The van der Waals surface area contributed by atoms with Gasteiger partial charge in [-0.1, -0.05) is 14.2 Å². The molecule has 0 rings (SSSR count). The third-order valence-electron chi connectivity index (χ3n) is 0.158. The molecule has 0 aromatic heterocycles. The lowest BCUT2D eigenvalue weighted by atomic mass is 12.0. The van der Waals surface area contributed by atoms with Crippen molar-refractivity contribution in [3.05, 3.63) is 0 Å². The van der Waals surface area contributed by atoms with Crippen LogP contribution in [0.15, 0.2) is 0 Å². The van der Waals surface area contributed by atoms with E-state index in [4.69, 9.17) is 0 Å². The van der Waals surface area contributed by atoms with Crippen molar-refractivity contribution < 1.29 is 0 Å². The second kappa shape index (κ2) is 3.47. The predicted octanol–water partition coefficient (Wildman–Crippen LogP) is 1.59. The Morgan fingerprint density at radius 3 is 2.25 bits per heavy atom. The minimum absolute atomic E-state index is 0.863. The maximum absolute atomic E-state index is 3.62. The normalized spacial score (nSPS) is 9.25. The van der Waals surface area contributed by atoms with Crippen LogP contribution in [0.3, 0.4) is 0 Å². The first-order valence-corrected chi connectivity index (χ1v) is 4.41. The highest BCUT2D eigenvalue weighted by Gasteiger charge is 1.23. The summed E-state index contributed by atoms with van der Waals surface area (Å²) < 4.78 is 0. The van der Waals surface area contributed by atoms with Crippen molar-refractivity contribution in [3.63, 3.8) is 0 Å². The van der Waals surface area contributed by atoms with E-state index >= 15 is 0 Å². The van der Waals surface area contributed by atoms with Crippen LogP contribution in [0, 0.1) is 0 Å². The van der Waals surface area contributed by atoms with E-state index in [1.807, 2.05) is 0 Å². The van der Waals surface area contributed by atoms with Crippen molar-refractivity contribution in [2.45, 2.75) is 0 Å². The second-order valence-corrected chi connectivity index (χ2v) is 3.44. The van der Waals surface area contributed by atoms with Crippen molar-refractivity contribution in [2.75, 3.05) is 6.66 Å². The van der Waals surface area contributed by atoms with Crippen LogP contribution in [0.1, 0.15) is 0 Å². The molecule has 0 aromatic carbocycles. The lowest BCUT2D eigenvalue weighted by Crippen LogP contribution is -0.949. The number of rotatable bonds is 0. The Morgan fingerprint density at radius 1 is 2.00 bits per heavy atom. The van der Waals surface area contributed by atoms with Crippen molar-refractivity contribution in [1.82, 2.24) is 0 Å². The molecule has 0 saturated heterocycles. The predicted molar refractivity (Wildman–Crippen MR) is 28.3 cm³/mol. The van der Waals surface area contributed by atoms with Gasteiger partial charge in [-0.25, -0.2) is 0 Å². The Balaban J connectivity index is 3.11. The van der Waals surface area contributed by atoms with Gasteiger partial charge >= 0.3 is 0 Å². The summed E-state index contributed by atoms with van der Waals surface area (Å²) in [7, 11) is 2.28. The molecule has 2 heteroatoms. The van der Waals surface area contributed by atoms with E-state index in [9.17, 15) is 0 Å². The summed E-state index contributed by atoms with van der Waals surface area (Å²) in [6.45, 7) is 2.10. The second-order valence-electron chi connectivity index (χ2n) is 0.382. The molecule has 0 N–H and O–H groups in total. The molecule has 0 aliphatic carbocycles. The molecular weight excluding hydrogens is 86.0 g/mol. The summed E-state index contributed by atoms with van der Waals surface area (Å²) in [5.74, 6) is 0. The Labute approximate surface area is 29.3 Å². The van der Waals surface area contributed by atoms with Crippen LogP contribution in [0.2, 0.25) is 0 Å². The fraction of sp³-hybridized carbons (Fsp3) is 0.500. The van der Waals surface area contributed by atoms with Crippen LogP contribution in [-0.4, -0.2) is 13.0 Å². The molecule has 0 heterocycles. The third kappa shape index (κ3) is 2.47. The van der Waals surface area contributed by atoms with Crippen molar-refractivity contribution in [1.29, 1.82) is 0 Å². The molecular formula is C2H6P2. The van der Waals surface area contributed by atoms with Crippen LogP contribution in [0.4, 0.5) is 0 Å². The summed E-state index contributed by atoms with van der Waals surface area (Å²) >= 11 is 0. The quantitative estimate of drug-likeness (QED) is 0.398. The fourth-order valence-corrected chi connectivity index (χ4v) is 0. The van der Waals surface area contributed by atoms with Crippen molar-refractivity contribution >= 4 is 21.7 Å². The molecule has 0 bridgehead atoms. The minimum atomic E-state index is 0.863. The average Bonchev–Trinajstić information content (AvgIpc) is 1.37. The topological polar surface area (TPSA) is 0 Å². The van der Waals surface area contributed by atoms with Crippen LogP contribution < -0.4 is 0 Å². The molecule has 4 heavy (non-hydrogen) atoms. The van der Waals surface area contributed by atoms with Crippen molar-refractivity contribution in [2.24, 2.45) is 0 Å². The van der Waals surface area contributed by atoms with Gasteiger partial charge in [0.15, 0.2) is 0 Å². The van der Waals surface area contributed by atoms with Gasteiger partial charge in [-0.3, -0.25) is 0 Å². The van der Waals surface area contributed by atoms with Crippen molar-refractivity contribution in [3.8, 4) is 0 Å². The smallest absolute Gasteiger partial charge is 0.0188 e. The van der Waals surface area contributed by atoms with E-state index in [0.717, 1.165) is 7.49 Å². The summed E-state index contributed by atoms with van der Waals surface area (Å²) in [6, 6.07) is 0. The maximum atomic E-state index is 3.62. The van der Waals surface area contributed by atoms with E-state index in [2.05, 4.69) is 13.0 Å². The van der Waals surface area contributed by atoms with E-state index < -0.39 is 0 Å². The van der Waals surface area contributed by atoms with Gasteiger partial charge in [0.25, 0.3) is 0 Å². The zero-order chi connectivity index (χ0) is 3.41. The Hall–Kier alpha value is 0.470. The SMILES string of the molecule is C=[PH]=PC. The molecule has 0 aliphatic rings. The molecule has 0 saturated carbocycles. The fourth-order valence-electron chi connectivity index (χ4n) is 0. The molecule has 1 unspecified atom stereocenters. The molecule has 0 nitrogen and oxygen atoms in total. The Bertz CT molecular complexity index is 42.0. The molecule has 0 spiro atoms. The first kappa shape index (κ1) is 4.47. The van der Waals surface area contributed by atoms with Gasteiger partial charge in [0.1, 0.15) is 0 Å². The third-order valence-corrected chi connectivity index (χ3v) is 1.42. The largest absolute Gasteiger partial charge is 0.123 e. The molecule has 0 radical (unpaired) electrons. The van der Waals surface area contributed by atoms with Gasteiger partial charge in [0.05, 0.1) is 0 Å². The summed E-state index contributed by atoms with van der Waals surface area (Å²) in [5, 5.41) is 0. The van der Waals surface area contributed by atoms with E-state index in [-0.39, 0.29) is 0 Å². The zero-order valence-corrected chi connectivity index (χ0v) is 4.55. The van der Waals surface area contributed by atoms with Crippen LogP contribution in [0.5, 0.6) is 0 Å². The van der Waals surface area contributed by atoms with Gasteiger partial charge < -0.3 is 0 Å². The van der Waals surface area contributed by atoms with Crippen LogP contribution in [-0.2, 0) is 0 Å². The molecule has 0 aliphatic heterocycles. The average molecular weight is 92.0 g/mol. The lowest BCUT2D eigenvalue weighted by Gasteiger charge is -1.39. The van der Waals surface area contributed by atoms with Gasteiger partial charge in [-0.05, 0) is 6.66 Å². The van der Waals surface area contributed by atoms with E-state index in [0.29, 0.717) is 0 Å². The molecule has 24 valence electrons. The van der Waals surface area contributed by atoms with Gasteiger partial charge in [-0.2, -0.15) is 0 Å². The van der Waals surface area contributed by atoms with Crippen LogP contribution >= 0.6 is 15.4 Å². The molecule has 0 fully saturated rings. The lowest BCUT2D eigenvalue weighted by molar-refractivity contribution is 2.52. The number of hydrogen-bond acceptors (Lipinski definition) is 0. The summed E-state index contributed by atoms with van der Waals surface area (Å²) in [6.07, 6.45) is 3.62. The minimum Gasteiger partial charge on any atom is -0.123 e. The van der Waals surface area contributed by atoms with Gasteiger partial charge in [0, 0.05) is 0 Å². The first-order valence-electron chi connectivity index (χ1n) is 1.02.